The largest absolute Gasteiger partial charge is 0.379 e. The Bertz CT molecular complexity index is 483. The molecule has 1 aliphatic rings. The summed E-state index contributed by atoms with van der Waals surface area (Å²) in [4.78, 5) is 4.44. The topological polar surface area (TPSA) is 60.2 Å². The highest BCUT2D eigenvalue weighted by Gasteiger charge is 2.33. The first-order chi connectivity index (χ1) is 8.38. The van der Waals surface area contributed by atoms with Crippen molar-refractivity contribution >= 4 is 11.3 Å². The zero-order valence-electron chi connectivity index (χ0n) is 9.42. The third-order valence-corrected chi connectivity index (χ3v) is 3.67. The van der Waals surface area contributed by atoms with Gasteiger partial charge in [-0.25, -0.2) is 0 Å². The summed E-state index contributed by atoms with van der Waals surface area (Å²) in [7, 11) is 1.92. The molecule has 0 bridgehead atoms. The van der Waals surface area contributed by atoms with Gasteiger partial charge < -0.3 is 14.6 Å². The minimum absolute atomic E-state index is 0.153. The predicted molar refractivity (Wildman–Crippen MR) is 64.0 cm³/mol. The lowest BCUT2D eigenvalue weighted by Crippen LogP contribution is -2.31. The average Bonchev–Trinajstić information content (AvgIpc) is 3.09. The molecule has 3 heterocycles. The van der Waals surface area contributed by atoms with Crippen molar-refractivity contribution in [1.82, 2.24) is 15.5 Å². The van der Waals surface area contributed by atoms with E-state index in [1.165, 1.54) is 0 Å². The first kappa shape index (κ1) is 10.9. The molecule has 1 N–H and O–H groups in total. The Kier molecular flexibility index (Phi) is 2.92. The molecule has 0 aliphatic carbocycles. The molecule has 1 fully saturated rings. The third-order valence-electron chi connectivity index (χ3n) is 2.99. The molecule has 5 nitrogen and oxygen atoms in total. The Morgan fingerprint density at radius 3 is 3.18 bits per heavy atom. The van der Waals surface area contributed by atoms with E-state index in [0.29, 0.717) is 24.9 Å². The van der Waals surface area contributed by atoms with Gasteiger partial charge in [-0.05, 0) is 18.5 Å². The number of likely N-dealkylation sites (N-methyl/N-ethyl adjacent to an activating group) is 1. The molecular weight excluding hydrogens is 238 g/mol. The van der Waals surface area contributed by atoms with Gasteiger partial charge in [-0.15, -0.1) is 0 Å². The van der Waals surface area contributed by atoms with Crippen LogP contribution in [0.2, 0.25) is 0 Å². The second kappa shape index (κ2) is 4.56. The smallest absolute Gasteiger partial charge is 0.234 e. The monoisotopic (exact) mass is 251 g/mol. The van der Waals surface area contributed by atoms with Gasteiger partial charge in [0, 0.05) is 17.0 Å². The van der Waals surface area contributed by atoms with Gasteiger partial charge in [0.25, 0.3) is 0 Å². The fourth-order valence-corrected chi connectivity index (χ4v) is 2.61. The molecule has 6 heteroatoms. The lowest BCUT2D eigenvalue weighted by molar-refractivity contribution is 0.185. The Morgan fingerprint density at radius 2 is 2.41 bits per heavy atom. The van der Waals surface area contributed by atoms with Crippen LogP contribution in [0.1, 0.15) is 11.8 Å². The number of thiophene rings is 1. The third kappa shape index (κ3) is 1.99. The second-order valence-corrected chi connectivity index (χ2v) is 4.79. The molecule has 3 rings (SSSR count). The Balaban J connectivity index is 1.85. The van der Waals surface area contributed by atoms with Gasteiger partial charge in [0.15, 0.2) is 0 Å². The summed E-state index contributed by atoms with van der Waals surface area (Å²) in [5.74, 6) is 1.46. The number of hydrogen-bond acceptors (Lipinski definition) is 6. The second-order valence-electron chi connectivity index (χ2n) is 4.01. The van der Waals surface area contributed by atoms with E-state index in [-0.39, 0.29) is 12.0 Å². The number of nitrogens with one attached hydrogen (secondary N) is 1. The molecule has 90 valence electrons. The molecule has 0 spiro atoms. The summed E-state index contributed by atoms with van der Waals surface area (Å²) in [6.07, 6.45) is 0. The van der Waals surface area contributed by atoms with Crippen molar-refractivity contribution < 1.29 is 9.26 Å². The fourth-order valence-electron chi connectivity index (χ4n) is 1.98. The summed E-state index contributed by atoms with van der Waals surface area (Å²) in [6, 6.07) is 2.24. The maximum Gasteiger partial charge on any atom is 0.234 e. The first-order valence-electron chi connectivity index (χ1n) is 5.49. The summed E-state index contributed by atoms with van der Waals surface area (Å²) < 4.78 is 10.8. The van der Waals surface area contributed by atoms with Crippen LogP contribution in [0.3, 0.4) is 0 Å². The van der Waals surface area contributed by atoms with Gasteiger partial charge in [-0.2, -0.15) is 16.3 Å². The highest BCUT2D eigenvalue weighted by Crippen LogP contribution is 2.27. The molecule has 2 aromatic rings. The van der Waals surface area contributed by atoms with Gasteiger partial charge in [-0.1, -0.05) is 5.16 Å². The summed E-state index contributed by atoms with van der Waals surface area (Å²) in [5, 5.41) is 11.2. The van der Waals surface area contributed by atoms with Crippen molar-refractivity contribution in [2.45, 2.75) is 12.0 Å². The maximum absolute atomic E-state index is 5.43. The fraction of sp³-hybridized carbons (Fsp3) is 0.455. The van der Waals surface area contributed by atoms with E-state index in [4.69, 9.17) is 9.26 Å². The maximum atomic E-state index is 5.43. The van der Waals surface area contributed by atoms with Crippen LogP contribution in [0, 0.1) is 0 Å². The molecule has 1 saturated heterocycles. The summed E-state index contributed by atoms with van der Waals surface area (Å²) >= 11 is 1.62. The molecule has 17 heavy (non-hydrogen) atoms. The van der Waals surface area contributed by atoms with Gasteiger partial charge in [-0.3, -0.25) is 0 Å². The lowest BCUT2D eigenvalue weighted by atomic mass is 10.0. The van der Waals surface area contributed by atoms with E-state index in [1.807, 2.05) is 23.9 Å². The zero-order chi connectivity index (χ0) is 11.7. The van der Waals surface area contributed by atoms with Crippen LogP contribution in [0.25, 0.3) is 11.4 Å². The summed E-state index contributed by atoms with van der Waals surface area (Å²) in [6.45, 7) is 1.33. The minimum atomic E-state index is 0.153. The molecule has 0 aromatic carbocycles. The van der Waals surface area contributed by atoms with Crippen LogP contribution in [0.4, 0.5) is 0 Å². The Labute approximate surface area is 103 Å². The van der Waals surface area contributed by atoms with Crippen molar-refractivity contribution in [3.05, 3.63) is 22.7 Å². The van der Waals surface area contributed by atoms with Crippen LogP contribution >= 0.6 is 11.3 Å². The molecule has 0 amide bonds. The van der Waals surface area contributed by atoms with Crippen molar-refractivity contribution in [2.24, 2.45) is 0 Å². The molecule has 0 saturated carbocycles. The van der Waals surface area contributed by atoms with E-state index in [9.17, 15) is 0 Å². The average molecular weight is 251 g/mol. The predicted octanol–water partition coefficient (Wildman–Crippen LogP) is 1.50. The SMILES string of the molecule is CNC1COCC1c1nc(-c2ccsc2)no1. The molecule has 2 atom stereocenters. The quantitative estimate of drug-likeness (QED) is 0.895. The number of rotatable bonds is 3. The molecule has 1 aliphatic heterocycles. The number of ether oxygens (including phenoxy) is 1. The van der Waals surface area contributed by atoms with Crippen molar-refractivity contribution in [2.75, 3.05) is 20.3 Å². The highest BCUT2D eigenvalue weighted by atomic mass is 32.1. The molecule has 2 aromatic heterocycles. The van der Waals surface area contributed by atoms with Crippen LogP contribution in [-0.4, -0.2) is 36.4 Å². The van der Waals surface area contributed by atoms with E-state index in [0.717, 1.165) is 5.56 Å². The van der Waals surface area contributed by atoms with Gasteiger partial charge in [0.1, 0.15) is 0 Å². The van der Waals surface area contributed by atoms with E-state index in [2.05, 4.69) is 15.5 Å². The normalized spacial score (nSPS) is 24.3. The number of nitrogens with zero attached hydrogens (tertiary/aromatic N) is 2. The molecule has 0 radical (unpaired) electrons. The standard InChI is InChI=1S/C11H13N3O2S/c1-12-9-5-15-4-8(9)11-13-10(14-16-11)7-2-3-17-6-7/h2-3,6,8-9,12H,4-5H2,1H3. The van der Waals surface area contributed by atoms with Crippen molar-refractivity contribution in [3.63, 3.8) is 0 Å². The Morgan fingerprint density at radius 1 is 1.47 bits per heavy atom. The molecular formula is C11H13N3O2S. The first-order valence-corrected chi connectivity index (χ1v) is 6.44. The van der Waals surface area contributed by atoms with Crippen LogP contribution < -0.4 is 5.32 Å². The minimum Gasteiger partial charge on any atom is -0.379 e. The van der Waals surface area contributed by atoms with Gasteiger partial charge in [0.05, 0.1) is 19.1 Å². The van der Waals surface area contributed by atoms with Crippen molar-refractivity contribution in [1.29, 1.82) is 0 Å². The van der Waals surface area contributed by atoms with E-state index in [1.54, 1.807) is 11.3 Å². The van der Waals surface area contributed by atoms with Crippen LogP contribution in [-0.2, 0) is 4.74 Å². The summed E-state index contributed by atoms with van der Waals surface area (Å²) in [5.41, 5.74) is 1.00. The lowest BCUT2D eigenvalue weighted by Gasteiger charge is -2.11. The van der Waals surface area contributed by atoms with Crippen LogP contribution in [0.15, 0.2) is 21.3 Å². The number of hydrogen-bond donors (Lipinski definition) is 1. The number of aromatic nitrogens is 2. The van der Waals surface area contributed by atoms with E-state index >= 15 is 0 Å². The Hall–Kier alpha value is -1.24. The zero-order valence-corrected chi connectivity index (χ0v) is 10.2. The van der Waals surface area contributed by atoms with Gasteiger partial charge in [0.2, 0.25) is 11.7 Å². The molecule has 2 unspecified atom stereocenters. The van der Waals surface area contributed by atoms with Gasteiger partial charge >= 0.3 is 0 Å². The highest BCUT2D eigenvalue weighted by molar-refractivity contribution is 7.08. The van der Waals surface area contributed by atoms with E-state index < -0.39 is 0 Å². The van der Waals surface area contributed by atoms with Crippen molar-refractivity contribution in [3.8, 4) is 11.4 Å². The van der Waals surface area contributed by atoms with Crippen LogP contribution in [0.5, 0.6) is 0 Å².